The van der Waals surface area contributed by atoms with Crippen molar-refractivity contribution in [1.29, 1.82) is 0 Å². The van der Waals surface area contributed by atoms with Gasteiger partial charge in [-0.25, -0.2) is 4.68 Å². The van der Waals surface area contributed by atoms with Gasteiger partial charge in [-0.3, -0.25) is 4.79 Å². The van der Waals surface area contributed by atoms with E-state index in [0.29, 0.717) is 27.2 Å². The largest absolute Gasteiger partial charge is 0.495 e. The minimum atomic E-state index is -0.284. The van der Waals surface area contributed by atoms with E-state index < -0.39 is 0 Å². The van der Waals surface area contributed by atoms with Crippen LogP contribution in [0, 0.1) is 0 Å². The first-order chi connectivity index (χ1) is 12.5. The first kappa shape index (κ1) is 18.5. The highest BCUT2D eigenvalue weighted by atomic mass is 79.9. The summed E-state index contributed by atoms with van der Waals surface area (Å²) in [5.74, 6) is 0.741. The molecule has 0 aliphatic heterocycles. The molecule has 3 aromatic rings. The van der Waals surface area contributed by atoms with Gasteiger partial charge in [-0.2, -0.15) is 5.10 Å². The van der Waals surface area contributed by atoms with E-state index in [1.54, 1.807) is 23.0 Å². The van der Waals surface area contributed by atoms with Gasteiger partial charge < -0.3 is 14.8 Å². The number of rotatable bonds is 5. The number of carbonyl (C=O) groups is 1. The molecule has 6 nitrogen and oxygen atoms in total. The zero-order valence-corrected chi connectivity index (χ0v) is 17.2. The number of methoxy groups -OCH3 is 2. The van der Waals surface area contributed by atoms with E-state index in [1.165, 1.54) is 14.2 Å². The summed E-state index contributed by atoms with van der Waals surface area (Å²) in [6, 6.07) is 10.7. The second kappa shape index (κ2) is 7.92. The predicted molar refractivity (Wildman–Crippen MR) is 106 cm³/mol. The maximum atomic E-state index is 12.8. The van der Waals surface area contributed by atoms with E-state index in [-0.39, 0.29) is 5.91 Å². The lowest BCUT2D eigenvalue weighted by Crippen LogP contribution is -2.14. The number of anilines is 1. The van der Waals surface area contributed by atoms with Crippen LogP contribution in [0.5, 0.6) is 11.5 Å². The van der Waals surface area contributed by atoms with E-state index in [2.05, 4.69) is 42.3 Å². The summed E-state index contributed by atoms with van der Waals surface area (Å²) in [7, 11) is 3.07. The Kier molecular flexibility index (Phi) is 5.63. The number of amides is 1. The van der Waals surface area contributed by atoms with Crippen molar-refractivity contribution >= 4 is 43.5 Å². The number of halogens is 2. The Balaban J connectivity index is 1.94. The Morgan fingerprint density at radius 1 is 1.12 bits per heavy atom. The molecule has 0 aliphatic rings. The number of carbonyl (C=O) groups excluding carboxylic acids is 1. The highest BCUT2D eigenvalue weighted by Crippen LogP contribution is 2.36. The fourth-order valence-electron chi connectivity index (χ4n) is 2.41. The molecule has 0 atom stereocenters. The van der Waals surface area contributed by atoms with Gasteiger partial charge in [0.25, 0.3) is 5.91 Å². The molecular weight excluding hydrogens is 466 g/mol. The molecule has 0 spiro atoms. The third kappa shape index (κ3) is 3.76. The van der Waals surface area contributed by atoms with Crippen molar-refractivity contribution in [2.24, 2.45) is 0 Å². The van der Waals surface area contributed by atoms with Crippen LogP contribution in [0.4, 0.5) is 5.69 Å². The van der Waals surface area contributed by atoms with Crippen LogP contribution in [0.15, 0.2) is 57.7 Å². The van der Waals surface area contributed by atoms with Crippen LogP contribution in [0.3, 0.4) is 0 Å². The minimum absolute atomic E-state index is 0.284. The summed E-state index contributed by atoms with van der Waals surface area (Å²) < 4.78 is 13.8. The lowest BCUT2D eigenvalue weighted by atomic mass is 10.1. The number of hydrogen-bond acceptors (Lipinski definition) is 4. The number of hydrogen-bond donors (Lipinski definition) is 1. The van der Waals surface area contributed by atoms with Gasteiger partial charge >= 0.3 is 0 Å². The molecule has 0 saturated carbocycles. The molecule has 0 fully saturated rings. The standard InChI is InChI=1S/C18H15Br2N3O3/c1-25-15-7-11(8-16(26-2)17(15)20)18(24)22-13-5-3-4-6-14(13)23-10-12(19)9-21-23/h3-10H,1-2H3,(H,22,24). The number of para-hydroxylation sites is 2. The molecule has 134 valence electrons. The first-order valence-electron chi connectivity index (χ1n) is 7.56. The van der Waals surface area contributed by atoms with E-state index in [9.17, 15) is 4.79 Å². The average Bonchev–Trinajstić information content (AvgIpc) is 3.08. The van der Waals surface area contributed by atoms with Gasteiger partial charge in [0.05, 0.1) is 36.3 Å². The van der Waals surface area contributed by atoms with Crippen LogP contribution in [0.2, 0.25) is 0 Å². The van der Waals surface area contributed by atoms with Gasteiger partial charge in [-0.1, -0.05) is 12.1 Å². The topological polar surface area (TPSA) is 65.4 Å². The fraction of sp³-hybridized carbons (Fsp3) is 0.111. The van der Waals surface area contributed by atoms with Crippen LogP contribution < -0.4 is 14.8 Å². The maximum Gasteiger partial charge on any atom is 0.255 e. The normalized spacial score (nSPS) is 10.5. The van der Waals surface area contributed by atoms with Crippen molar-refractivity contribution in [3.8, 4) is 17.2 Å². The van der Waals surface area contributed by atoms with E-state index in [4.69, 9.17) is 9.47 Å². The Labute approximate surface area is 167 Å². The number of nitrogens with one attached hydrogen (secondary N) is 1. The van der Waals surface area contributed by atoms with E-state index >= 15 is 0 Å². The van der Waals surface area contributed by atoms with Crippen molar-refractivity contribution in [3.63, 3.8) is 0 Å². The predicted octanol–water partition coefficient (Wildman–Crippen LogP) is 4.67. The lowest BCUT2D eigenvalue weighted by Gasteiger charge is -2.13. The van der Waals surface area contributed by atoms with Gasteiger partial charge in [0.1, 0.15) is 16.0 Å². The van der Waals surface area contributed by atoms with Crippen molar-refractivity contribution in [1.82, 2.24) is 9.78 Å². The quantitative estimate of drug-likeness (QED) is 0.576. The molecule has 0 bridgehead atoms. The monoisotopic (exact) mass is 479 g/mol. The van der Waals surface area contributed by atoms with Crippen LogP contribution in [0.1, 0.15) is 10.4 Å². The van der Waals surface area contributed by atoms with Gasteiger partial charge in [0.2, 0.25) is 0 Å². The number of aromatic nitrogens is 2. The molecule has 0 unspecified atom stereocenters. The van der Waals surface area contributed by atoms with Crippen molar-refractivity contribution in [2.75, 3.05) is 19.5 Å². The minimum Gasteiger partial charge on any atom is -0.495 e. The van der Waals surface area contributed by atoms with Crippen LogP contribution in [-0.2, 0) is 0 Å². The van der Waals surface area contributed by atoms with Crippen molar-refractivity contribution < 1.29 is 14.3 Å². The summed E-state index contributed by atoms with van der Waals surface area (Å²) in [4.78, 5) is 12.8. The Bertz CT molecular complexity index is 931. The van der Waals surface area contributed by atoms with Crippen LogP contribution in [0.25, 0.3) is 5.69 Å². The zero-order valence-electron chi connectivity index (χ0n) is 14.0. The lowest BCUT2D eigenvalue weighted by molar-refractivity contribution is 0.102. The highest BCUT2D eigenvalue weighted by Gasteiger charge is 2.16. The highest BCUT2D eigenvalue weighted by molar-refractivity contribution is 9.11. The van der Waals surface area contributed by atoms with Gasteiger partial charge in [-0.05, 0) is 56.1 Å². The number of nitrogens with zero attached hydrogens (tertiary/aromatic N) is 2. The fourth-order valence-corrected chi connectivity index (χ4v) is 3.24. The van der Waals surface area contributed by atoms with Gasteiger partial charge in [0.15, 0.2) is 0 Å². The summed E-state index contributed by atoms with van der Waals surface area (Å²) in [5.41, 5.74) is 1.80. The Morgan fingerprint density at radius 3 is 2.35 bits per heavy atom. The molecule has 1 amide bonds. The second-order valence-corrected chi connectivity index (χ2v) is 6.98. The third-order valence-electron chi connectivity index (χ3n) is 3.66. The van der Waals surface area contributed by atoms with E-state index in [1.807, 2.05) is 30.5 Å². The van der Waals surface area contributed by atoms with Crippen LogP contribution >= 0.6 is 31.9 Å². The number of ether oxygens (including phenoxy) is 2. The Morgan fingerprint density at radius 2 is 1.77 bits per heavy atom. The van der Waals surface area contributed by atoms with E-state index in [0.717, 1.165) is 10.2 Å². The average molecular weight is 481 g/mol. The molecule has 8 heteroatoms. The Hall–Kier alpha value is -2.32. The maximum absolute atomic E-state index is 12.8. The molecular formula is C18H15Br2N3O3. The molecule has 1 heterocycles. The molecule has 26 heavy (non-hydrogen) atoms. The van der Waals surface area contributed by atoms with Gasteiger partial charge in [-0.15, -0.1) is 0 Å². The summed E-state index contributed by atoms with van der Waals surface area (Å²) in [5, 5.41) is 7.18. The molecule has 2 aromatic carbocycles. The molecule has 0 saturated heterocycles. The number of benzene rings is 2. The molecule has 0 aliphatic carbocycles. The van der Waals surface area contributed by atoms with Crippen molar-refractivity contribution in [3.05, 3.63) is 63.3 Å². The SMILES string of the molecule is COc1cc(C(=O)Nc2ccccc2-n2cc(Br)cn2)cc(OC)c1Br. The van der Waals surface area contributed by atoms with Crippen molar-refractivity contribution in [2.45, 2.75) is 0 Å². The van der Waals surface area contributed by atoms with Crippen LogP contribution in [-0.4, -0.2) is 29.9 Å². The summed E-state index contributed by atoms with van der Waals surface area (Å²) in [6.07, 6.45) is 3.50. The summed E-state index contributed by atoms with van der Waals surface area (Å²) >= 11 is 6.78. The molecule has 1 N–H and O–H groups in total. The third-order valence-corrected chi connectivity index (χ3v) is 4.85. The molecule has 1 aromatic heterocycles. The smallest absolute Gasteiger partial charge is 0.255 e. The van der Waals surface area contributed by atoms with Gasteiger partial charge in [0, 0.05) is 11.8 Å². The molecule has 3 rings (SSSR count). The second-order valence-electron chi connectivity index (χ2n) is 5.27. The zero-order chi connectivity index (χ0) is 18.7. The first-order valence-corrected chi connectivity index (χ1v) is 9.14. The summed E-state index contributed by atoms with van der Waals surface area (Å²) in [6.45, 7) is 0. The molecule has 0 radical (unpaired) electrons.